The number of rotatable bonds is 5. The van der Waals surface area contributed by atoms with E-state index >= 15 is 0 Å². The number of carboxylic acids is 1. The lowest BCUT2D eigenvalue weighted by atomic mass is 9.72. The summed E-state index contributed by atoms with van der Waals surface area (Å²) in [6.45, 7) is 9.96. The third kappa shape index (κ3) is 5.85. The van der Waals surface area contributed by atoms with E-state index in [2.05, 4.69) is 13.8 Å². The number of allylic oxidation sites excluding steroid dienone is 9. The summed E-state index contributed by atoms with van der Waals surface area (Å²) < 4.78 is 0. The maximum absolute atomic E-state index is 11.9. The zero-order valence-electron chi connectivity index (χ0n) is 14.6. The molecule has 0 unspecified atom stereocenters. The van der Waals surface area contributed by atoms with E-state index in [4.69, 9.17) is 5.11 Å². The highest BCUT2D eigenvalue weighted by Gasteiger charge is 2.30. The average Bonchev–Trinajstić information content (AvgIpc) is 2.42. The zero-order valence-corrected chi connectivity index (χ0v) is 14.6. The Morgan fingerprint density at radius 1 is 1.17 bits per heavy atom. The van der Waals surface area contributed by atoms with Crippen LogP contribution >= 0.6 is 0 Å². The monoisotopic (exact) mass is 314 g/mol. The molecule has 23 heavy (non-hydrogen) atoms. The number of hydrogen-bond donors (Lipinski definition) is 1. The molecule has 0 aromatic carbocycles. The van der Waals surface area contributed by atoms with Gasteiger partial charge in [-0.25, -0.2) is 4.79 Å². The van der Waals surface area contributed by atoms with E-state index < -0.39 is 5.97 Å². The maximum Gasteiger partial charge on any atom is 0.328 e. The lowest BCUT2D eigenvalue weighted by Gasteiger charge is -2.32. The third-order valence-electron chi connectivity index (χ3n) is 4.11. The minimum absolute atomic E-state index is 0.0193. The van der Waals surface area contributed by atoms with E-state index in [0.717, 1.165) is 23.1 Å². The van der Waals surface area contributed by atoms with Crippen molar-refractivity contribution in [3.63, 3.8) is 0 Å². The van der Waals surface area contributed by atoms with Crippen molar-refractivity contribution in [1.29, 1.82) is 0 Å². The molecule has 0 atom stereocenters. The van der Waals surface area contributed by atoms with Crippen LogP contribution in [0.4, 0.5) is 0 Å². The number of aliphatic carboxylic acids is 1. The maximum atomic E-state index is 11.9. The number of Topliss-reactive ketones (excluding diaryl/α,β-unsaturated/α-hetero) is 1. The van der Waals surface area contributed by atoms with Crippen LogP contribution in [0.5, 0.6) is 0 Å². The Labute approximate surface area is 138 Å². The van der Waals surface area contributed by atoms with E-state index in [0.29, 0.717) is 12.0 Å². The van der Waals surface area contributed by atoms with Gasteiger partial charge in [-0.15, -0.1) is 0 Å². The normalized spacial score (nSPS) is 20.0. The highest BCUT2D eigenvalue weighted by Crippen LogP contribution is 2.39. The molecule has 0 saturated heterocycles. The van der Waals surface area contributed by atoms with Crippen molar-refractivity contribution < 1.29 is 14.7 Å². The molecule has 0 heterocycles. The van der Waals surface area contributed by atoms with Crippen molar-refractivity contribution in [2.45, 2.75) is 47.5 Å². The van der Waals surface area contributed by atoms with Gasteiger partial charge in [-0.05, 0) is 49.3 Å². The molecule has 0 amide bonds. The minimum atomic E-state index is -0.945. The molecule has 1 aliphatic carbocycles. The van der Waals surface area contributed by atoms with Crippen molar-refractivity contribution in [2.24, 2.45) is 5.41 Å². The van der Waals surface area contributed by atoms with Crippen LogP contribution in [0.25, 0.3) is 0 Å². The molecule has 3 nitrogen and oxygen atoms in total. The molecular formula is C20H26O3. The van der Waals surface area contributed by atoms with Crippen LogP contribution in [0.3, 0.4) is 0 Å². The molecule has 0 aliphatic heterocycles. The highest BCUT2D eigenvalue weighted by atomic mass is 16.4. The van der Waals surface area contributed by atoms with Gasteiger partial charge in [0.25, 0.3) is 0 Å². The number of ketones is 1. The van der Waals surface area contributed by atoms with Crippen molar-refractivity contribution >= 4 is 11.8 Å². The summed E-state index contributed by atoms with van der Waals surface area (Å²) in [6.07, 6.45) is 12.2. The fourth-order valence-electron chi connectivity index (χ4n) is 2.62. The van der Waals surface area contributed by atoms with Gasteiger partial charge in [0.15, 0.2) is 5.78 Å². The van der Waals surface area contributed by atoms with Gasteiger partial charge in [0, 0.05) is 12.5 Å². The van der Waals surface area contributed by atoms with E-state index in [1.807, 2.05) is 38.2 Å². The second kappa shape index (κ2) is 7.91. The SMILES string of the molecule is CC(C=C/C=C(/C)C=CC1=C(C)C(=O)CCC1(C)C)=CC(=O)O. The van der Waals surface area contributed by atoms with Crippen LogP contribution in [-0.2, 0) is 9.59 Å². The standard InChI is InChI=1S/C20H26O3/c1-14(7-6-8-15(2)13-19(22)23)9-10-17-16(3)18(21)11-12-20(17,4)5/h6-10,13H,11-12H2,1-5H3,(H,22,23)/b8-6?,10-9?,14-7-,15-13?. The number of carbonyl (C=O) groups excluding carboxylic acids is 1. The molecule has 0 aromatic heterocycles. The van der Waals surface area contributed by atoms with Crippen molar-refractivity contribution in [1.82, 2.24) is 0 Å². The largest absolute Gasteiger partial charge is 0.478 e. The first-order valence-electron chi connectivity index (χ1n) is 7.82. The molecule has 0 saturated carbocycles. The fourth-order valence-corrected chi connectivity index (χ4v) is 2.62. The molecular weight excluding hydrogens is 288 g/mol. The average molecular weight is 314 g/mol. The van der Waals surface area contributed by atoms with Gasteiger partial charge in [-0.1, -0.05) is 49.8 Å². The molecule has 0 fully saturated rings. The van der Waals surface area contributed by atoms with Crippen molar-refractivity contribution in [2.75, 3.05) is 0 Å². The molecule has 1 N–H and O–H groups in total. The predicted octanol–water partition coefficient (Wildman–Crippen LogP) is 4.78. The van der Waals surface area contributed by atoms with Crippen LogP contribution in [0.1, 0.15) is 47.5 Å². The van der Waals surface area contributed by atoms with Crippen molar-refractivity contribution in [3.8, 4) is 0 Å². The van der Waals surface area contributed by atoms with Gasteiger partial charge in [0.2, 0.25) is 0 Å². The Hall–Kier alpha value is -2.16. The van der Waals surface area contributed by atoms with Gasteiger partial charge in [0.05, 0.1) is 0 Å². The van der Waals surface area contributed by atoms with Crippen LogP contribution < -0.4 is 0 Å². The first kappa shape index (κ1) is 18.9. The Bertz CT molecular complexity index is 638. The van der Waals surface area contributed by atoms with E-state index in [9.17, 15) is 9.59 Å². The van der Waals surface area contributed by atoms with E-state index in [-0.39, 0.29) is 11.2 Å². The van der Waals surface area contributed by atoms with E-state index in [1.165, 1.54) is 6.08 Å². The first-order valence-corrected chi connectivity index (χ1v) is 7.82. The fraction of sp³-hybridized carbons (Fsp3) is 0.400. The first-order chi connectivity index (χ1) is 10.6. The van der Waals surface area contributed by atoms with Gasteiger partial charge in [-0.2, -0.15) is 0 Å². The smallest absolute Gasteiger partial charge is 0.328 e. The van der Waals surface area contributed by atoms with Gasteiger partial charge >= 0.3 is 5.97 Å². The van der Waals surface area contributed by atoms with Gasteiger partial charge in [-0.3, -0.25) is 4.79 Å². The van der Waals surface area contributed by atoms with Gasteiger partial charge < -0.3 is 5.11 Å². The Balaban J connectivity index is 2.89. The van der Waals surface area contributed by atoms with Crippen LogP contribution in [0.2, 0.25) is 0 Å². The lowest BCUT2D eigenvalue weighted by Crippen LogP contribution is -2.24. The van der Waals surface area contributed by atoms with Crippen LogP contribution in [0, 0.1) is 5.41 Å². The summed E-state index contributed by atoms with van der Waals surface area (Å²) in [6, 6.07) is 0. The van der Waals surface area contributed by atoms with E-state index in [1.54, 1.807) is 13.0 Å². The molecule has 124 valence electrons. The Morgan fingerprint density at radius 3 is 2.43 bits per heavy atom. The van der Waals surface area contributed by atoms with Crippen LogP contribution in [0.15, 0.2) is 58.7 Å². The van der Waals surface area contributed by atoms with Crippen molar-refractivity contribution in [3.05, 3.63) is 58.7 Å². The number of carbonyl (C=O) groups is 2. The molecule has 0 bridgehead atoms. The second-order valence-electron chi connectivity index (χ2n) is 6.68. The highest BCUT2D eigenvalue weighted by molar-refractivity contribution is 5.97. The molecule has 3 heteroatoms. The van der Waals surface area contributed by atoms with Crippen LogP contribution in [-0.4, -0.2) is 16.9 Å². The number of carboxylic acid groups (broad SMARTS) is 1. The summed E-state index contributed by atoms with van der Waals surface area (Å²) >= 11 is 0. The lowest BCUT2D eigenvalue weighted by molar-refractivity contribution is -0.131. The minimum Gasteiger partial charge on any atom is -0.478 e. The summed E-state index contributed by atoms with van der Waals surface area (Å²) in [4.78, 5) is 22.4. The zero-order chi connectivity index (χ0) is 17.6. The summed E-state index contributed by atoms with van der Waals surface area (Å²) in [5, 5.41) is 8.65. The quantitative estimate of drug-likeness (QED) is 0.587. The molecule has 1 rings (SSSR count). The molecule has 0 spiro atoms. The Kier molecular flexibility index (Phi) is 6.49. The summed E-state index contributed by atoms with van der Waals surface area (Å²) in [7, 11) is 0. The molecule has 1 aliphatic rings. The molecule has 0 aromatic rings. The summed E-state index contributed by atoms with van der Waals surface area (Å²) in [5.41, 5.74) is 3.71. The topological polar surface area (TPSA) is 54.4 Å². The predicted molar refractivity (Wildman–Crippen MR) is 94.2 cm³/mol. The second-order valence-corrected chi connectivity index (χ2v) is 6.68. The Morgan fingerprint density at radius 2 is 1.83 bits per heavy atom. The van der Waals surface area contributed by atoms with Gasteiger partial charge in [0.1, 0.15) is 0 Å². The third-order valence-corrected chi connectivity index (χ3v) is 4.11. The summed E-state index contributed by atoms with van der Waals surface area (Å²) in [5.74, 6) is -0.709. The molecule has 0 radical (unpaired) electrons. The number of hydrogen-bond acceptors (Lipinski definition) is 2.